The summed E-state index contributed by atoms with van der Waals surface area (Å²) >= 11 is 3.24. The van der Waals surface area contributed by atoms with Crippen molar-refractivity contribution in [2.75, 3.05) is 25.0 Å². The maximum Gasteiger partial charge on any atom is 0.270 e. The van der Waals surface area contributed by atoms with Crippen LogP contribution in [0.25, 0.3) is 0 Å². The zero-order valence-electron chi connectivity index (χ0n) is 11.0. The van der Waals surface area contributed by atoms with Crippen molar-refractivity contribution in [1.82, 2.24) is 4.90 Å². The number of piperidine rings is 1. The standard InChI is InChI=1S/C13H16BrN3O3/c14-11-8-10(17(19)20)4-5-12(11)15-13(18)9-16-6-2-1-3-7-16/h4-5,8H,1-3,6-7,9H2,(H,15,18). The van der Waals surface area contributed by atoms with Gasteiger partial charge >= 0.3 is 0 Å². The molecule has 0 unspecified atom stereocenters. The molecule has 1 saturated heterocycles. The SMILES string of the molecule is O=C(CN1CCCCC1)Nc1ccc([N+](=O)[O-])cc1Br. The Morgan fingerprint density at radius 3 is 2.65 bits per heavy atom. The number of anilines is 1. The Bertz CT molecular complexity index is 516. The van der Waals surface area contributed by atoms with E-state index in [0.717, 1.165) is 25.9 Å². The number of likely N-dealkylation sites (tertiary alicyclic amines) is 1. The summed E-state index contributed by atoms with van der Waals surface area (Å²) in [4.78, 5) is 24.2. The molecule has 0 spiro atoms. The van der Waals surface area contributed by atoms with Gasteiger partial charge < -0.3 is 5.32 Å². The van der Waals surface area contributed by atoms with Crippen LogP contribution in [0.1, 0.15) is 19.3 Å². The summed E-state index contributed by atoms with van der Waals surface area (Å²) in [6.07, 6.45) is 3.50. The monoisotopic (exact) mass is 341 g/mol. The van der Waals surface area contributed by atoms with Crippen LogP contribution < -0.4 is 5.32 Å². The minimum atomic E-state index is -0.468. The lowest BCUT2D eigenvalue weighted by molar-refractivity contribution is -0.384. The summed E-state index contributed by atoms with van der Waals surface area (Å²) in [5, 5.41) is 13.4. The van der Waals surface area contributed by atoms with Gasteiger partial charge in [-0.15, -0.1) is 0 Å². The second-order valence-electron chi connectivity index (χ2n) is 4.81. The largest absolute Gasteiger partial charge is 0.324 e. The molecule has 6 nitrogen and oxygen atoms in total. The zero-order valence-corrected chi connectivity index (χ0v) is 12.6. The molecule has 1 aliphatic rings. The van der Waals surface area contributed by atoms with Gasteiger partial charge in [-0.25, -0.2) is 0 Å². The third-order valence-electron chi connectivity index (χ3n) is 3.25. The van der Waals surface area contributed by atoms with E-state index < -0.39 is 4.92 Å². The summed E-state index contributed by atoms with van der Waals surface area (Å²) in [5.41, 5.74) is 0.545. The lowest BCUT2D eigenvalue weighted by Crippen LogP contribution is -2.36. The Hall–Kier alpha value is -1.47. The molecule has 0 aliphatic carbocycles. The summed E-state index contributed by atoms with van der Waals surface area (Å²) in [5.74, 6) is -0.0959. The van der Waals surface area contributed by atoms with Crippen LogP contribution in [0, 0.1) is 10.1 Å². The molecule has 1 aliphatic heterocycles. The van der Waals surface area contributed by atoms with Gasteiger partial charge in [0.2, 0.25) is 5.91 Å². The van der Waals surface area contributed by atoms with Crippen molar-refractivity contribution in [2.24, 2.45) is 0 Å². The van der Waals surface area contributed by atoms with E-state index in [-0.39, 0.29) is 11.6 Å². The molecule has 1 amide bonds. The van der Waals surface area contributed by atoms with Crippen molar-refractivity contribution in [3.8, 4) is 0 Å². The van der Waals surface area contributed by atoms with Gasteiger partial charge in [-0.05, 0) is 47.9 Å². The average Bonchev–Trinajstić information content (AvgIpc) is 2.42. The Morgan fingerprint density at radius 1 is 1.35 bits per heavy atom. The fourth-order valence-corrected chi connectivity index (χ4v) is 2.70. The Kier molecular flexibility index (Phi) is 5.08. The molecule has 1 aromatic rings. The lowest BCUT2D eigenvalue weighted by atomic mass is 10.1. The Labute approximate surface area is 125 Å². The molecule has 0 aromatic heterocycles. The van der Waals surface area contributed by atoms with Gasteiger partial charge in [0.1, 0.15) is 0 Å². The highest BCUT2D eigenvalue weighted by Crippen LogP contribution is 2.27. The molecule has 20 heavy (non-hydrogen) atoms. The van der Waals surface area contributed by atoms with Gasteiger partial charge in [0, 0.05) is 16.6 Å². The molecule has 7 heteroatoms. The molecule has 0 atom stereocenters. The summed E-state index contributed by atoms with van der Waals surface area (Å²) in [6.45, 7) is 2.27. The van der Waals surface area contributed by atoms with Gasteiger partial charge in [0.25, 0.3) is 5.69 Å². The predicted octanol–water partition coefficient (Wildman–Crippen LogP) is 2.78. The van der Waals surface area contributed by atoms with Gasteiger partial charge in [-0.2, -0.15) is 0 Å². The predicted molar refractivity (Wildman–Crippen MR) is 79.7 cm³/mol. The van der Waals surface area contributed by atoms with Crippen molar-refractivity contribution in [1.29, 1.82) is 0 Å². The number of carbonyl (C=O) groups is 1. The van der Waals surface area contributed by atoms with E-state index in [4.69, 9.17) is 0 Å². The van der Waals surface area contributed by atoms with Crippen molar-refractivity contribution >= 4 is 33.2 Å². The maximum atomic E-state index is 11.9. The highest BCUT2D eigenvalue weighted by atomic mass is 79.9. The molecular formula is C13H16BrN3O3. The number of nitrogens with one attached hydrogen (secondary N) is 1. The number of hydrogen-bond acceptors (Lipinski definition) is 4. The Morgan fingerprint density at radius 2 is 2.05 bits per heavy atom. The number of non-ortho nitro benzene ring substituents is 1. The molecule has 0 bridgehead atoms. The van der Waals surface area contributed by atoms with Crippen LogP contribution in [0.2, 0.25) is 0 Å². The highest BCUT2D eigenvalue weighted by Gasteiger charge is 2.15. The normalized spacial score (nSPS) is 15.8. The van der Waals surface area contributed by atoms with Gasteiger partial charge in [-0.3, -0.25) is 19.8 Å². The van der Waals surface area contributed by atoms with Gasteiger partial charge in [-0.1, -0.05) is 6.42 Å². The van der Waals surface area contributed by atoms with E-state index in [0.29, 0.717) is 16.7 Å². The van der Waals surface area contributed by atoms with Gasteiger partial charge in [0.05, 0.1) is 17.2 Å². The van der Waals surface area contributed by atoms with E-state index in [9.17, 15) is 14.9 Å². The highest BCUT2D eigenvalue weighted by molar-refractivity contribution is 9.10. The Balaban J connectivity index is 1.95. The molecule has 1 heterocycles. The minimum Gasteiger partial charge on any atom is -0.324 e. The third kappa shape index (κ3) is 4.01. The van der Waals surface area contributed by atoms with Crippen LogP contribution in [0.15, 0.2) is 22.7 Å². The molecule has 0 radical (unpaired) electrons. The van der Waals surface area contributed by atoms with Crippen molar-refractivity contribution in [3.05, 3.63) is 32.8 Å². The molecule has 108 valence electrons. The fraction of sp³-hybridized carbons (Fsp3) is 0.462. The lowest BCUT2D eigenvalue weighted by Gasteiger charge is -2.25. The number of hydrogen-bond donors (Lipinski definition) is 1. The van der Waals surface area contributed by atoms with E-state index >= 15 is 0 Å². The molecule has 1 fully saturated rings. The number of nitro groups is 1. The number of amides is 1. The van der Waals surface area contributed by atoms with E-state index in [1.165, 1.54) is 24.6 Å². The molecule has 0 saturated carbocycles. The average molecular weight is 342 g/mol. The summed E-state index contributed by atoms with van der Waals surface area (Å²) in [6, 6.07) is 4.30. The van der Waals surface area contributed by atoms with Crippen LogP contribution in [-0.4, -0.2) is 35.4 Å². The first kappa shape index (κ1) is 14.9. The fourth-order valence-electron chi connectivity index (χ4n) is 2.23. The first-order valence-corrected chi connectivity index (χ1v) is 7.32. The van der Waals surface area contributed by atoms with Crippen LogP contribution in [-0.2, 0) is 4.79 Å². The van der Waals surface area contributed by atoms with Crippen LogP contribution in [0.5, 0.6) is 0 Å². The first-order chi connectivity index (χ1) is 9.56. The second-order valence-corrected chi connectivity index (χ2v) is 5.66. The molecule has 1 aromatic carbocycles. The number of carbonyl (C=O) groups excluding carboxylic acids is 1. The molecular weight excluding hydrogens is 326 g/mol. The van der Waals surface area contributed by atoms with E-state index in [1.54, 1.807) is 0 Å². The number of benzene rings is 1. The quantitative estimate of drug-likeness (QED) is 0.674. The van der Waals surface area contributed by atoms with E-state index in [1.807, 2.05) is 0 Å². The smallest absolute Gasteiger partial charge is 0.270 e. The molecule has 2 rings (SSSR count). The van der Waals surface area contributed by atoms with Crippen LogP contribution in [0.3, 0.4) is 0 Å². The van der Waals surface area contributed by atoms with Crippen LogP contribution >= 0.6 is 15.9 Å². The number of rotatable bonds is 4. The number of nitrogens with zero attached hydrogens (tertiary/aromatic N) is 2. The number of halogens is 1. The minimum absolute atomic E-state index is 0.00842. The topological polar surface area (TPSA) is 75.5 Å². The third-order valence-corrected chi connectivity index (χ3v) is 3.91. The van der Waals surface area contributed by atoms with E-state index in [2.05, 4.69) is 26.1 Å². The molecule has 1 N–H and O–H groups in total. The van der Waals surface area contributed by atoms with Crippen molar-refractivity contribution < 1.29 is 9.72 Å². The summed E-state index contributed by atoms with van der Waals surface area (Å²) < 4.78 is 0.513. The number of nitro benzene ring substituents is 1. The maximum absolute atomic E-state index is 11.9. The van der Waals surface area contributed by atoms with Crippen molar-refractivity contribution in [3.63, 3.8) is 0 Å². The first-order valence-electron chi connectivity index (χ1n) is 6.52. The van der Waals surface area contributed by atoms with Crippen LogP contribution in [0.4, 0.5) is 11.4 Å². The summed E-state index contributed by atoms with van der Waals surface area (Å²) in [7, 11) is 0. The second kappa shape index (κ2) is 6.81. The zero-order chi connectivity index (χ0) is 14.5. The van der Waals surface area contributed by atoms with Gasteiger partial charge in [0.15, 0.2) is 0 Å². The van der Waals surface area contributed by atoms with Crippen molar-refractivity contribution in [2.45, 2.75) is 19.3 Å².